The standard InChI is InChI=1S/C16H22O8S/c1-2-3-10-22-11-12-23-15(17)8-9-16(18)24-13-4-6-14(7-5-13)25(19,20)21/h4-7H,2-3,8-12H2,1H3,(H,19,20,21). The minimum Gasteiger partial charge on any atom is -0.463 e. The molecule has 0 atom stereocenters. The van der Waals surface area contributed by atoms with E-state index in [2.05, 4.69) is 0 Å². The maximum atomic E-state index is 11.6. The van der Waals surface area contributed by atoms with Gasteiger partial charge in [-0.2, -0.15) is 8.42 Å². The molecule has 0 amide bonds. The third kappa shape index (κ3) is 9.18. The van der Waals surface area contributed by atoms with Crippen LogP contribution in [0.25, 0.3) is 0 Å². The van der Waals surface area contributed by atoms with Crippen LogP contribution >= 0.6 is 0 Å². The van der Waals surface area contributed by atoms with Crippen LogP contribution in [0.2, 0.25) is 0 Å². The van der Waals surface area contributed by atoms with Crippen LogP contribution in [0.15, 0.2) is 29.2 Å². The molecule has 0 aromatic heterocycles. The van der Waals surface area contributed by atoms with Gasteiger partial charge < -0.3 is 14.2 Å². The summed E-state index contributed by atoms with van der Waals surface area (Å²) in [6, 6.07) is 4.66. The topological polar surface area (TPSA) is 116 Å². The Morgan fingerprint density at radius 1 is 1.00 bits per heavy atom. The van der Waals surface area contributed by atoms with Crippen molar-refractivity contribution in [2.75, 3.05) is 19.8 Å². The number of carbonyl (C=O) groups excluding carboxylic acids is 2. The lowest BCUT2D eigenvalue weighted by atomic mass is 10.3. The van der Waals surface area contributed by atoms with Crippen molar-refractivity contribution in [1.82, 2.24) is 0 Å². The van der Waals surface area contributed by atoms with Crippen molar-refractivity contribution in [3.05, 3.63) is 24.3 Å². The second kappa shape index (κ2) is 10.8. The zero-order valence-electron chi connectivity index (χ0n) is 14.0. The summed E-state index contributed by atoms with van der Waals surface area (Å²) in [5, 5.41) is 0. The molecule has 0 unspecified atom stereocenters. The summed E-state index contributed by atoms with van der Waals surface area (Å²) in [4.78, 5) is 22.8. The largest absolute Gasteiger partial charge is 0.463 e. The van der Waals surface area contributed by atoms with Crippen molar-refractivity contribution in [2.24, 2.45) is 0 Å². The van der Waals surface area contributed by atoms with Gasteiger partial charge in [0.25, 0.3) is 10.1 Å². The first kappa shape index (κ1) is 21.1. The van der Waals surface area contributed by atoms with Crippen molar-refractivity contribution in [2.45, 2.75) is 37.5 Å². The maximum Gasteiger partial charge on any atom is 0.311 e. The zero-order chi connectivity index (χ0) is 18.7. The van der Waals surface area contributed by atoms with Crippen LogP contribution in [0.3, 0.4) is 0 Å². The summed E-state index contributed by atoms with van der Waals surface area (Å²) in [6.45, 7) is 3.12. The molecule has 0 aliphatic rings. The smallest absolute Gasteiger partial charge is 0.311 e. The maximum absolute atomic E-state index is 11.6. The molecule has 1 N–H and O–H groups in total. The summed E-state index contributed by atoms with van der Waals surface area (Å²) >= 11 is 0. The molecule has 0 aliphatic heterocycles. The van der Waals surface area contributed by atoms with E-state index in [4.69, 9.17) is 18.8 Å². The van der Waals surface area contributed by atoms with E-state index in [1.807, 2.05) is 6.92 Å². The van der Waals surface area contributed by atoms with Crippen LogP contribution in [0.1, 0.15) is 32.6 Å². The van der Waals surface area contributed by atoms with Gasteiger partial charge in [-0.05, 0) is 30.7 Å². The summed E-state index contributed by atoms with van der Waals surface area (Å²) in [7, 11) is -4.30. The fraction of sp³-hybridized carbons (Fsp3) is 0.500. The molecule has 1 aromatic rings. The first-order valence-electron chi connectivity index (χ1n) is 7.84. The molecule has 140 valence electrons. The van der Waals surface area contributed by atoms with Gasteiger partial charge in [-0.1, -0.05) is 13.3 Å². The number of ether oxygens (including phenoxy) is 3. The van der Waals surface area contributed by atoms with Crippen molar-refractivity contribution in [3.63, 3.8) is 0 Å². The van der Waals surface area contributed by atoms with Gasteiger partial charge in [0.2, 0.25) is 0 Å². The number of hydrogen-bond acceptors (Lipinski definition) is 7. The quantitative estimate of drug-likeness (QED) is 0.270. The van der Waals surface area contributed by atoms with Gasteiger partial charge in [0.15, 0.2) is 0 Å². The molecule has 0 bridgehead atoms. The minimum atomic E-state index is -4.30. The van der Waals surface area contributed by atoms with Gasteiger partial charge in [0, 0.05) is 6.61 Å². The highest BCUT2D eigenvalue weighted by molar-refractivity contribution is 7.85. The molecule has 0 radical (unpaired) electrons. The molecule has 9 heteroatoms. The molecule has 0 saturated carbocycles. The predicted octanol–water partition coefficient (Wildman–Crippen LogP) is 1.98. The van der Waals surface area contributed by atoms with E-state index in [1.54, 1.807) is 0 Å². The van der Waals surface area contributed by atoms with E-state index >= 15 is 0 Å². The van der Waals surface area contributed by atoms with Crippen LogP contribution in [-0.2, 0) is 29.2 Å². The van der Waals surface area contributed by atoms with Gasteiger partial charge in [-0.25, -0.2) is 0 Å². The molecule has 1 aromatic carbocycles. The summed E-state index contributed by atoms with van der Waals surface area (Å²) in [6.07, 6.45) is 1.68. The number of rotatable bonds is 11. The van der Waals surface area contributed by atoms with E-state index < -0.39 is 22.1 Å². The third-order valence-corrected chi connectivity index (χ3v) is 3.89. The van der Waals surface area contributed by atoms with E-state index in [1.165, 1.54) is 12.1 Å². The zero-order valence-corrected chi connectivity index (χ0v) is 14.8. The Kier molecular flexibility index (Phi) is 9.11. The predicted molar refractivity (Wildman–Crippen MR) is 87.8 cm³/mol. The summed E-state index contributed by atoms with van der Waals surface area (Å²) < 4.78 is 45.7. The van der Waals surface area contributed by atoms with Gasteiger partial charge in [-0.15, -0.1) is 0 Å². The SMILES string of the molecule is CCCCOCCOC(=O)CCC(=O)Oc1ccc(S(=O)(=O)O)cc1. The van der Waals surface area contributed by atoms with Crippen molar-refractivity contribution < 1.29 is 36.8 Å². The lowest BCUT2D eigenvalue weighted by Crippen LogP contribution is -2.14. The second-order valence-electron chi connectivity index (χ2n) is 5.11. The van der Waals surface area contributed by atoms with Crippen molar-refractivity contribution in [3.8, 4) is 5.75 Å². The lowest BCUT2D eigenvalue weighted by molar-refractivity contribution is -0.148. The van der Waals surface area contributed by atoms with E-state index in [0.29, 0.717) is 13.2 Å². The molecule has 0 heterocycles. The Balaban J connectivity index is 2.25. The Bertz CT molecular complexity index is 651. The van der Waals surface area contributed by atoms with Crippen LogP contribution < -0.4 is 4.74 Å². The molecule has 0 saturated heterocycles. The van der Waals surface area contributed by atoms with Gasteiger partial charge in [0.05, 0.1) is 24.3 Å². The molecular weight excluding hydrogens is 352 g/mol. The molecular formula is C16H22O8S. The van der Waals surface area contributed by atoms with Crippen LogP contribution in [0, 0.1) is 0 Å². The van der Waals surface area contributed by atoms with Crippen molar-refractivity contribution >= 4 is 22.1 Å². The van der Waals surface area contributed by atoms with E-state index in [0.717, 1.165) is 25.0 Å². The Morgan fingerprint density at radius 2 is 1.64 bits per heavy atom. The highest BCUT2D eigenvalue weighted by atomic mass is 32.2. The molecule has 0 fully saturated rings. The van der Waals surface area contributed by atoms with E-state index in [9.17, 15) is 18.0 Å². The molecule has 0 spiro atoms. The first-order valence-corrected chi connectivity index (χ1v) is 9.28. The molecule has 1 rings (SSSR count). The highest BCUT2D eigenvalue weighted by Gasteiger charge is 2.12. The van der Waals surface area contributed by atoms with Crippen LogP contribution in [0.4, 0.5) is 0 Å². The number of benzene rings is 1. The lowest BCUT2D eigenvalue weighted by Gasteiger charge is -2.06. The molecule has 0 aliphatic carbocycles. The van der Waals surface area contributed by atoms with Crippen LogP contribution in [-0.4, -0.2) is 44.7 Å². The van der Waals surface area contributed by atoms with Gasteiger partial charge in [-0.3, -0.25) is 14.1 Å². The number of hydrogen-bond donors (Lipinski definition) is 1. The Labute approximate surface area is 146 Å². The van der Waals surface area contributed by atoms with E-state index in [-0.39, 0.29) is 30.1 Å². The van der Waals surface area contributed by atoms with Crippen molar-refractivity contribution in [1.29, 1.82) is 0 Å². The first-order chi connectivity index (χ1) is 11.8. The summed E-state index contributed by atoms with van der Waals surface area (Å²) in [5.41, 5.74) is 0. The number of carbonyl (C=O) groups is 2. The highest BCUT2D eigenvalue weighted by Crippen LogP contribution is 2.16. The second-order valence-corrected chi connectivity index (χ2v) is 6.53. The van der Waals surface area contributed by atoms with Gasteiger partial charge >= 0.3 is 11.9 Å². The average molecular weight is 374 g/mol. The summed E-state index contributed by atoms with van der Waals surface area (Å²) in [5.74, 6) is -1.08. The number of unbranched alkanes of at least 4 members (excludes halogenated alkanes) is 1. The monoisotopic (exact) mass is 374 g/mol. The minimum absolute atomic E-state index is 0.107. The molecule has 25 heavy (non-hydrogen) atoms. The Morgan fingerprint density at radius 3 is 2.24 bits per heavy atom. The van der Waals surface area contributed by atoms with Gasteiger partial charge in [0.1, 0.15) is 12.4 Å². The fourth-order valence-corrected chi connectivity index (χ4v) is 2.18. The average Bonchev–Trinajstić information content (AvgIpc) is 2.56. The number of esters is 2. The normalized spacial score (nSPS) is 11.1. The van der Waals surface area contributed by atoms with Crippen LogP contribution in [0.5, 0.6) is 5.75 Å². The Hall–Kier alpha value is -1.97. The third-order valence-electron chi connectivity index (χ3n) is 3.02. The fourth-order valence-electron chi connectivity index (χ4n) is 1.70. The molecule has 8 nitrogen and oxygen atoms in total.